The molecule has 0 fully saturated rings. The Labute approximate surface area is 137 Å². The number of methoxy groups -OCH3 is 1. The molecule has 0 bridgehead atoms. The maximum absolute atomic E-state index is 13.2. The molecule has 7 heteroatoms. The van der Waals surface area contributed by atoms with E-state index in [-0.39, 0.29) is 10.8 Å². The maximum atomic E-state index is 13.2. The number of esters is 1. The van der Waals surface area contributed by atoms with Crippen LogP contribution in [0.4, 0.5) is 9.18 Å². The highest BCUT2D eigenvalue weighted by Gasteiger charge is 2.42. The lowest BCUT2D eigenvalue weighted by atomic mass is 9.62. The van der Waals surface area contributed by atoms with E-state index in [0.29, 0.717) is 6.42 Å². The zero-order valence-electron chi connectivity index (χ0n) is 15.4. The van der Waals surface area contributed by atoms with Gasteiger partial charge >= 0.3 is 18.5 Å². The highest BCUT2D eigenvalue weighted by atomic mass is 19.1. The van der Waals surface area contributed by atoms with Gasteiger partial charge < -0.3 is 14.2 Å². The minimum Gasteiger partial charge on any atom is -0.464 e. The minimum absolute atomic E-state index is 0.0133. The van der Waals surface area contributed by atoms with Gasteiger partial charge in [0.2, 0.25) is 0 Å². The number of nitrogens with two attached hydrogens (primary N) is 1. The lowest BCUT2D eigenvalue weighted by Gasteiger charge is -2.45. The fraction of sp³-hybridized carbons (Fsp3) is 0.875. The van der Waals surface area contributed by atoms with Crippen LogP contribution in [0, 0.1) is 16.2 Å². The van der Waals surface area contributed by atoms with Gasteiger partial charge in [0.15, 0.2) is 6.23 Å². The third kappa shape index (κ3) is 6.33. The van der Waals surface area contributed by atoms with Crippen molar-refractivity contribution in [3.8, 4) is 0 Å². The predicted octanol–water partition coefficient (Wildman–Crippen LogP) is 3.38. The fourth-order valence-electron chi connectivity index (χ4n) is 2.02. The molecule has 0 heterocycles. The van der Waals surface area contributed by atoms with Crippen LogP contribution in [0.1, 0.15) is 54.9 Å². The first kappa shape index (κ1) is 21.6. The summed E-state index contributed by atoms with van der Waals surface area (Å²) in [6.45, 7) is 14.3. The Balaban J connectivity index is 4.79. The number of carbonyl (C=O) groups excluding carboxylic acids is 2. The van der Waals surface area contributed by atoms with Crippen LogP contribution in [0.2, 0.25) is 0 Å². The molecule has 0 aliphatic rings. The summed E-state index contributed by atoms with van der Waals surface area (Å²) in [5.41, 5.74) is 5.28. The standard InChI is InChI=1S/C16H30FNO5/c1-14(2,3)16(6,7)9-15(4,5)12(18)23-13(20)22-10(17)11(19)21-8/h10,12H,9,18H2,1-8H3. The first-order chi connectivity index (χ1) is 10.1. The Morgan fingerprint density at radius 2 is 1.52 bits per heavy atom. The quantitative estimate of drug-likeness (QED) is 0.591. The molecule has 23 heavy (non-hydrogen) atoms. The number of carbonyl (C=O) groups is 2. The summed E-state index contributed by atoms with van der Waals surface area (Å²) in [7, 11) is 0.979. The van der Waals surface area contributed by atoms with Gasteiger partial charge in [-0.15, -0.1) is 0 Å². The van der Waals surface area contributed by atoms with E-state index >= 15 is 0 Å². The monoisotopic (exact) mass is 335 g/mol. The highest BCUT2D eigenvalue weighted by molar-refractivity contribution is 5.75. The van der Waals surface area contributed by atoms with Gasteiger partial charge in [-0.2, -0.15) is 4.39 Å². The molecule has 0 spiro atoms. The summed E-state index contributed by atoms with van der Waals surface area (Å²) < 4.78 is 26.4. The molecule has 0 saturated heterocycles. The molecule has 0 radical (unpaired) electrons. The SMILES string of the molecule is COC(=O)C(F)OC(=O)OC(N)C(C)(C)CC(C)(C)C(C)(C)C. The molecule has 136 valence electrons. The first-order valence-electron chi connectivity index (χ1n) is 7.49. The van der Waals surface area contributed by atoms with Gasteiger partial charge in [-0.25, -0.2) is 9.59 Å². The van der Waals surface area contributed by atoms with Crippen molar-refractivity contribution in [2.75, 3.05) is 7.11 Å². The van der Waals surface area contributed by atoms with E-state index in [9.17, 15) is 14.0 Å². The Kier molecular flexibility index (Phi) is 7.02. The van der Waals surface area contributed by atoms with E-state index in [2.05, 4.69) is 44.1 Å². The topological polar surface area (TPSA) is 87.8 Å². The second kappa shape index (κ2) is 7.47. The average Bonchev–Trinajstić information content (AvgIpc) is 2.34. The van der Waals surface area contributed by atoms with Crippen molar-refractivity contribution in [1.82, 2.24) is 0 Å². The second-order valence-corrected chi connectivity index (χ2v) is 8.04. The molecule has 0 saturated carbocycles. The summed E-state index contributed by atoms with van der Waals surface area (Å²) in [6.07, 6.45) is -4.24. The molecule has 2 N–H and O–H groups in total. The van der Waals surface area contributed by atoms with Crippen LogP contribution >= 0.6 is 0 Å². The zero-order valence-corrected chi connectivity index (χ0v) is 15.4. The summed E-state index contributed by atoms with van der Waals surface area (Å²) in [5, 5.41) is 0. The number of alkyl halides is 1. The van der Waals surface area contributed by atoms with Crippen molar-refractivity contribution < 1.29 is 28.2 Å². The van der Waals surface area contributed by atoms with E-state index in [1.54, 1.807) is 0 Å². The number of hydrogen-bond donors (Lipinski definition) is 1. The summed E-state index contributed by atoms with van der Waals surface area (Å²) in [6, 6.07) is 0. The van der Waals surface area contributed by atoms with Crippen molar-refractivity contribution in [3.05, 3.63) is 0 Å². The van der Waals surface area contributed by atoms with Gasteiger partial charge in [-0.1, -0.05) is 48.5 Å². The van der Waals surface area contributed by atoms with Crippen LogP contribution in [0.15, 0.2) is 0 Å². The highest BCUT2D eigenvalue weighted by Crippen LogP contribution is 2.47. The number of rotatable bonds is 6. The average molecular weight is 335 g/mol. The second-order valence-electron chi connectivity index (χ2n) is 8.04. The smallest absolute Gasteiger partial charge is 0.464 e. The van der Waals surface area contributed by atoms with Crippen LogP contribution < -0.4 is 5.73 Å². The normalized spacial score (nSPS) is 15.6. The largest absolute Gasteiger partial charge is 0.512 e. The van der Waals surface area contributed by atoms with Crippen molar-refractivity contribution in [3.63, 3.8) is 0 Å². The van der Waals surface area contributed by atoms with Gasteiger partial charge in [0.1, 0.15) is 0 Å². The minimum atomic E-state index is -2.53. The summed E-state index contributed by atoms with van der Waals surface area (Å²) in [5.74, 6) is -1.32. The van der Waals surface area contributed by atoms with Gasteiger partial charge in [0, 0.05) is 5.41 Å². The van der Waals surface area contributed by atoms with Gasteiger partial charge in [0.05, 0.1) is 7.11 Å². The molecule has 0 aromatic heterocycles. The molecule has 2 unspecified atom stereocenters. The maximum Gasteiger partial charge on any atom is 0.512 e. The summed E-state index contributed by atoms with van der Waals surface area (Å²) >= 11 is 0. The molecule has 6 nitrogen and oxygen atoms in total. The third-order valence-electron chi connectivity index (χ3n) is 4.51. The molecule has 0 aliphatic heterocycles. The van der Waals surface area contributed by atoms with Gasteiger partial charge in [-0.3, -0.25) is 5.73 Å². The number of halogens is 1. The molecule has 0 aliphatic carbocycles. The van der Waals surface area contributed by atoms with Crippen molar-refractivity contribution in [1.29, 1.82) is 0 Å². The number of hydrogen-bond acceptors (Lipinski definition) is 6. The Hall–Kier alpha value is -1.37. The van der Waals surface area contributed by atoms with E-state index in [1.165, 1.54) is 0 Å². The van der Waals surface area contributed by atoms with Crippen molar-refractivity contribution in [2.24, 2.45) is 22.0 Å². The van der Waals surface area contributed by atoms with Gasteiger partial charge in [-0.05, 0) is 17.3 Å². The third-order valence-corrected chi connectivity index (χ3v) is 4.51. The molecular weight excluding hydrogens is 305 g/mol. The fourth-order valence-corrected chi connectivity index (χ4v) is 2.02. The van der Waals surface area contributed by atoms with E-state index in [1.807, 2.05) is 13.8 Å². The Morgan fingerprint density at radius 1 is 1.04 bits per heavy atom. The Bertz CT molecular complexity index is 429. The van der Waals surface area contributed by atoms with E-state index < -0.39 is 30.1 Å². The van der Waals surface area contributed by atoms with E-state index in [4.69, 9.17) is 10.5 Å². The predicted molar refractivity (Wildman–Crippen MR) is 84.1 cm³/mol. The van der Waals surface area contributed by atoms with Gasteiger partial charge in [0.25, 0.3) is 0 Å². The van der Waals surface area contributed by atoms with Crippen LogP contribution in [-0.4, -0.2) is 31.8 Å². The molecule has 0 aromatic carbocycles. The zero-order chi connectivity index (χ0) is 18.6. The number of ether oxygens (including phenoxy) is 3. The van der Waals surface area contributed by atoms with Crippen LogP contribution in [0.5, 0.6) is 0 Å². The molecule has 2 atom stereocenters. The van der Waals surface area contributed by atoms with Crippen LogP contribution in [0.3, 0.4) is 0 Å². The van der Waals surface area contributed by atoms with Crippen molar-refractivity contribution in [2.45, 2.75) is 67.5 Å². The van der Waals surface area contributed by atoms with Crippen molar-refractivity contribution >= 4 is 12.1 Å². The Morgan fingerprint density at radius 3 is 1.91 bits per heavy atom. The molecular formula is C16H30FNO5. The van der Waals surface area contributed by atoms with E-state index in [0.717, 1.165) is 7.11 Å². The van der Waals surface area contributed by atoms with Crippen LogP contribution in [-0.2, 0) is 19.0 Å². The molecule has 0 aromatic rings. The van der Waals surface area contributed by atoms with Crippen LogP contribution in [0.25, 0.3) is 0 Å². The lowest BCUT2D eigenvalue weighted by molar-refractivity contribution is -0.164. The molecule has 0 amide bonds. The molecule has 0 rings (SSSR count). The first-order valence-corrected chi connectivity index (χ1v) is 7.49. The lowest BCUT2D eigenvalue weighted by Crippen LogP contribution is -2.46. The summed E-state index contributed by atoms with van der Waals surface area (Å²) in [4.78, 5) is 22.4.